The van der Waals surface area contributed by atoms with Crippen molar-refractivity contribution in [2.24, 2.45) is 0 Å². The van der Waals surface area contributed by atoms with Crippen molar-refractivity contribution in [3.05, 3.63) is 0 Å². The Bertz CT molecular complexity index is 689. The number of rotatable bonds is 27. The fourth-order valence-electron chi connectivity index (χ4n) is 5.19. The Balaban J connectivity index is 2.37. The van der Waals surface area contributed by atoms with Gasteiger partial charge in [-0.25, -0.2) is 0 Å². The van der Waals surface area contributed by atoms with Gasteiger partial charge >= 0.3 is 11.9 Å². The normalized spacial score (nSPS) is 22.8. The molecule has 0 saturated carbocycles. The first-order chi connectivity index (χ1) is 20.8. The van der Waals surface area contributed by atoms with Crippen molar-refractivity contribution >= 4 is 11.9 Å². The maximum atomic E-state index is 12.4. The van der Waals surface area contributed by atoms with Crippen molar-refractivity contribution < 1.29 is 49.0 Å². The molecule has 1 aliphatic heterocycles. The third kappa shape index (κ3) is 19.0. The Morgan fingerprint density at radius 2 is 1.09 bits per heavy atom. The summed E-state index contributed by atoms with van der Waals surface area (Å²) in [6, 6.07) is 0. The van der Waals surface area contributed by atoms with Crippen molar-refractivity contribution in [1.29, 1.82) is 0 Å². The van der Waals surface area contributed by atoms with Crippen molar-refractivity contribution in [1.82, 2.24) is 0 Å². The summed E-state index contributed by atoms with van der Waals surface area (Å²) in [5, 5.41) is 39.6. The monoisotopic (exact) mass is 618 g/mol. The lowest BCUT2D eigenvalue weighted by Crippen LogP contribution is -2.59. The van der Waals surface area contributed by atoms with Crippen LogP contribution in [0.1, 0.15) is 142 Å². The van der Waals surface area contributed by atoms with Crippen LogP contribution in [0, 0.1) is 0 Å². The van der Waals surface area contributed by atoms with E-state index in [0.717, 1.165) is 44.9 Å². The number of carbonyl (C=O) groups excluding carboxylic acids is 2. The second kappa shape index (κ2) is 26.0. The molecular formula is C33H62O10. The van der Waals surface area contributed by atoms with Crippen LogP contribution in [0.3, 0.4) is 0 Å². The fraction of sp³-hybridized carbons (Fsp3) is 0.939. The van der Waals surface area contributed by atoms with Crippen LogP contribution in [0.4, 0.5) is 0 Å². The average Bonchev–Trinajstić information content (AvgIpc) is 3.00. The molecule has 43 heavy (non-hydrogen) atoms. The van der Waals surface area contributed by atoms with Gasteiger partial charge in [0.2, 0.25) is 0 Å². The summed E-state index contributed by atoms with van der Waals surface area (Å²) < 4.78 is 21.8. The molecule has 0 aromatic heterocycles. The standard InChI is InChI=1S/C33H62O10/c1-3-5-7-9-10-11-12-13-14-15-16-18-19-21-28(35)40-24-26(42-29(36)22-20-17-8-6-4-2)25-41-33-32(39)31(38)30(37)27(23-34)43-33/h26-27,30-34,37-39H,3-25H2,1-2H3/t26?,27-,30-,31+,32-,33-/m1/s1. The van der Waals surface area contributed by atoms with Crippen LogP contribution in [0.5, 0.6) is 0 Å². The highest BCUT2D eigenvalue weighted by Gasteiger charge is 2.44. The van der Waals surface area contributed by atoms with Gasteiger partial charge in [-0.05, 0) is 12.8 Å². The molecule has 0 spiro atoms. The van der Waals surface area contributed by atoms with E-state index in [9.17, 15) is 30.0 Å². The van der Waals surface area contributed by atoms with Gasteiger partial charge < -0.3 is 39.4 Å². The second-order valence-corrected chi connectivity index (χ2v) is 12.0. The lowest BCUT2D eigenvalue weighted by atomic mass is 9.99. The molecule has 10 nitrogen and oxygen atoms in total. The maximum absolute atomic E-state index is 12.4. The highest BCUT2D eigenvalue weighted by atomic mass is 16.7. The van der Waals surface area contributed by atoms with Gasteiger partial charge in [-0.2, -0.15) is 0 Å². The van der Waals surface area contributed by atoms with E-state index in [2.05, 4.69) is 13.8 Å². The largest absolute Gasteiger partial charge is 0.462 e. The van der Waals surface area contributed by atoms with Crippen LogP contribution >= 0.6 is 0 Å². The molecule has 10 heteroatoms. The molecule has 0 amide bonds. The first-order valence-electron chi connectivity index (χ1n) is 17.1. The summed E-state index contributed by atoms with van der Waals surface area (Å²) in [5.41, 5.74) is 0. The van der Waals surface area contributed by atoms with Gasteiger partial charge in [0.25, 0.3) is 0 Å². The Hall–Kier alpha value is -1.30. The van der Waals surface area contributed by atoms with E-state index in [1.165, 1.54) is 64.2 Å². The van der Waals surface area contributed by atoms with Crippen LogP contribution < -0.4 is 0 Å². The maximum Gasteiger partial charge on any atom is 0.306 e. The fourth-order valence-corrected chi connectivity index (χ4v) is 5.19. The quantitative estimate of drug-likeness (QED) is 0.0723. The highest BCUT2D eigenvalue weighted by Crippen LogP contribution is 2.22. The molecule has 0 radical (unpaired) electrons. The minimum atomic E-state index is -1.59. The van der Waals surface area contributed by atoms with Crippen LogP contribution in [-0.2, 0) is 28.5 Å². The average molecular weight is 619 g/mol. The molecule has 4 N–H and O–H groups in total. The molecule has 0 aromatic rings. The molecule has 0 aromatic carbocycles. The van der Waals surface area contributed by atoms with Gasteiger partial charge in [0.15, 0.2) is 12.4 Å². The number of aliphatic hydroxyl groups is 4. The smallest absolute Gasteiger partial charge is 0.306 e. The molecule has 0 aliphatic carbocycles. The molecule has 1 heterocycles. The van der Waals surface area contributed by atoms with Gasteiger partial charge in [-0.15, -0.1) is 0 Å². The summed E-state index contributed by atoms with van der Waals surface area (Å²) in [6.45, 7) is 3.30. The summed E-state index contributed by atoms with van der Waals surface area (Å²) in [7, 11) is 0. The van der Waals surface area contributed by atoms with Gasteiger partial charge in [-0.3, -0.25) is 9.59 Å². The Kier molecular flexibility index (Phi) is 24.0. The summed E-state index contributed by atoms with van der Waals surface area (Å²) in [4.78, 5) is 24.8. The van der Waals surface area contributed by atoms with Crippen molar-refractivity contribution in [3.63, 3.8) is 0 Å². The van der Waals surface area contributed by atoms with E-state index < -0.39 is 49.4 Å². The number of ether oxygens (including phenoxy) is 4. The first-order valence-corrected chi connectivity index (χ1v) is 17.1. The predicted octanol–water partition coefficient (Wildman–Crippen LogP) is 5.10. The third-order valence-electron chi connectivity index (χ3n) is 7.99. The van der Waals surface area contributed by atoms with E-state index in [1.54, 1.807) is 0 Å². The SMILES string of the molecule is CCCCCCCCCCCCCCCC(=O)OCC(CO[C@@H]1O[C@H](CO)[C@@H](O)[C@H](O)[C@H]1O)OC(=O)CCCCCCC. The van der Waals surface area contributed by atoms with Gasteiger partial charge in [0, 0.05) is 12.8 Å². The van der Waals surface area contributed by atoms with E-state index in [-0.39, 0.29) is 32.0 Å². The topological polar surface area (TPSA) is 152 Å². The molecule has 0 bridgehead atoms. The minimum absolute atomic E-state index is 0.212. The summed E-state index contributed by atoms with van der Waals surface area (Å²) in [5.74, 6) is -0.817. The van der Waals surface area contributed by atoms with Crippen LogP contribution in [0.15, 0.2) is 0 Å². The number of esters is 2. The minimum Gasteiger partial charge on any atom is -0.462 e. The molecular weight excluding hydrogens is 556 g/mol. The Morgan fingerprint density at radius 3 is 1.58 bits per heavy atom. The van der Waals surface area contributed by atoms with Gasteiger partial charge in [-0.1, -0.05) is 117 Å². The van der Waals surface area contributed by atoms with Crippen LogP contribution in [0.2, 0.25) is 0 Å². The molecule has 1 saturated heterocycles. The second-order valence-electron chi connectivity index (χ2n) is 12.0. The van der Waals surface area contributed by atoms with Gasteiger partial charge in [0.05, 0.1) is 13.2 Å². The van der Waals surface area contributed by atoms with Crippen molar-refractivity contribution in [2.75, 3.05) is 19.8 Å². The zero-order chi connectivity index (χ0) is 31.7. The van der Waals surface area contributed by atoms with Crippen molar-refractivity contribution in [3.8, 4) is 0 Å². The summed E-state index contributed by atoms with van der Waals surface area (Å²) >= 11 is 0. The molecule has 1 rings (SSSR count). The van der Waals surface area contributed by atoms with E-state index in [1.807, 2.05) is 0 Å². The predicted molar refractivity (Wildman–Crippen MR) is 164 cm³/mol. The molecule has 254 valence electrons. The van der Waals surface area contributed by atoms with E-state index in [4.69, 9.17) is 18.9 Å². The van der Waals surface area contributed by atoms with Crippen LogP contribution in [0.25, 0.3) is 0 Å². The molecule has 1 unspecified atom stereocenters. The number of hydrogen-bond donors (Lipinski definition) is 4. The lowest BCUT2D eigenvalue weighted by Gasteiger charge is -2.39. The highest BCUT2D eigenvalue weighted by molar-refractivity contribution is 5.70. The first kappa shape index (κ1) is 39.7. The lowest BCUT2D eigenvalue weighted by molar-refractivity contribution is -0.305. The Labute approximate surface area is 259 Å². The molecule has 6 atom stereocenters. The van der Waals surface area contributed by atoms with Gasteiger partial charge in [0.1, 0.15) is 31.0 Å². The zero-order valence-electron chi connectivity index (χ0n) is 27.0. The number of aliphatic hydroxyl groups excluding tert-OH is 4. The van der Waals surface area contributed by atoms with Crippen LogP contribution in [-0.4, -0.2) is 89.0 Å². The number of carbonyl (C=O) groups is 2. The van der Waals surface area contributed by atoms with Crippen molar-refractivity contribution in [2.45, 2.75) is 179 Å². The summed E-state index contributed by atoms with van der Waals surface area (Å²) in [6.07, 6.45) is 13.1. The van der Waals surface area contributed by atoms with E-state index >= 15 is 0 Å². The molecule has 1 fully saturated rings. The number of unbranched alkanes of at least 4 members (excludes halogenated alkanes) is 16. The third-order valence-corrected chi connectivity index (χ3v) is 7.99. The zero-order valence-corrected chi connectivity index (χ0v) is 27.0. The van der Waals surface area contributed by atoms with E-state index in [0.29, 0.717) is 6.42 Å². The number of hydrogen-bond acceptors (Lipinski definition) is 10. The molecule has 1 aliphatic rings. The Morgan fingerprint density at radius 1 is 0.628 bits per heavy atom.